The van der Waals surface area contributed by atoms with Crippen LogP contribution in [0.2, 0.25) is 5.15 Å². The van der Waals surface area contributed by atoms with Crippen molar-refractivity contribution in [1.82, 2.24) is 19.7 Å². The van der Waals surface area contributed by atoms with E-state index in [1.54, 1.807) is 0 Å². The molecule has 22 heavy (non-hydrogen) atoms. The molecule has 0 aromatic carbocycles. The van der Waals surface area contributed by atoms with Gasteiger partial charge < -0.3 is 4.57 Å². The SMILES string of the molecule is CC1(C)Cc2nnc(C3(c4ccc(Cl)nc4)CC3)n2CCS1. The van der Waals surface area contributed by atoms with Gasteiger partial charge in [0, 0.05) is 29.7 Å². The molecular weight excluding hydrogens is 316 g/mol. The average molecular weight is 335 g/mol. The summed E-state index contributed by atoms with van der Waals surface area (Å²) in [5, 5.41) is 9.64. The van der Waals surface area contributed by atoms with E-state index in [1.807, 2.05) is 24.0 Å². The number of aromatic nitrogens is 4. The summed E-state index contributed by atoms with van der Waals surface area (Å²) < 4.78 is 2.58. The Kier molecular flexibility index (Phi) is 3.28. The number of fused-ring (bicyclic) bond motifs is 1. The molecular formula is C16H19ClN4S. The van der Waals surface area contributed by atoms with Crippen LogP contribution in [0, 0.1) is 0 Å². The lowest BCUT2D eigenvalue weighted by atomic mass is 9.96. The molecule has 4 nitrogen and oxygen atoms in total. The molecule has 2 aliphatic rings. The molecule has 0 spiro atoms. The van der Waals surface area contributed by atoms with Crippen LogP contribution in [-0.4, -0.2) is 30.2 Å². The van der Waals surface area contributed by atoms with Gasteiger partial charge >= 0.3 is 0 Å². The molecule has 6 heteroatoms. The lowest BCUT2D eigenvalue weighted by molar-refractivity contribution is 0.607. The van der Waals surface area contributed by atoms with E-state index in [4.69, 9.17) is 11.6 Å². The van der Waals surface area contributed by atoms with Gasteiger partial charge in [-0.15, -0.1) is 10.2 Å². The first-order valence-corrected chi connectivity index (χ1v) is 9.05. The van der Waals surface area contributed by atoms with Crippen molar-refractivity contribution in [2.45, 2.75) is 49.8 Å². The van der Waals surface area contributed by atoms with Gasteiger partial charge in [0.1, 0.15) is 16.8 Å². The van der Waals surface area contributed by atoms with Crippen LogP contribution in [0.5, 0.6) is 0 Å². The number of hydrogen-bond acceptors (Lipinski definition) is 4. The average Bonchev–Trinajstić information content (AvgIpc) is 3.21. The molecule has 0 amide bonds. The molecule has 3 heterocycles. The summed E-state index contributed by atoms with van der Waals surface area (Å²) >= 11 is 7.95. The van der Waals surface area contributed by atoms with Crippen molar-refractivity contribution >= 4 is 23.4 Å². The molecule has 2 aromatic rings. The van der Waals surface area contributed by atoms with Crippen molar-refractivity contribution in [3.63, 3.8) is 0 Å². The summed E-state index contributed by atoms with van der Waals surface area (Å²) in [4.78, 5) is 4.25. The Hall–Kier alpha value is -1.07. The zero-order valence-electron chi connectivity index (χ0n) is 12.8. The standard InChI is InChI=1S/C16H19ClN4S/c1-15(2)9-13-19-20-14(21(13)7-8-22-15)16(5-6-16)11-3-4-12(17)18-10-11/h3-4,10H,5-9H2,1-2H3. The third kappa shape index (κ3) is 2.35. The van der Waals surface area contributed by atoms with Gasteiger partial charge in [0.15, 0.2) is 0 Å². The number of thioether (sulfide) groups is 1. The molecule has 0 atom stereocenters. The molecule has 116 valence electrons. The van der Waals surface area contributed by atoms with Gasteiger partial charge in [0.25, 0.3) is 0 Å². The summed E-state index contributed by atoms with van der Waals surface area (Å²) in [5.74, 6) is 3.35. The van der Waals surface area contributed by atoms with Gasteiger partial charge in [0.2, 0.25) is 0 Å². The second-order valence-electron chi connectivity index (χ2n) is 6.83. The van der Waals surface area contributed by atoms with E-state index in [2.05, 4.69) is 39.7 Å². The maximum atomic E-state index is 5.93. The third-order valence-electron chi connectivity index (χ3n) is 4.68. The van der Waals surface area contributed by atoms with Gasteiger partial charge in [-0.05, 0) is 24.5 Å². The summed E-state index contributed by atoms with van der Waals surface area (Å²) in [5.41, 5.74) is 1.21. The Balaban J connectivity index is 1.75. The molecule has 1 aliphatic heterocycles. The Bertz CT molecular complexity index is 703. The fraction of sp³-hybridized carbons (Fsp3) is 0.562. The molecule has 1 fully saturated rings. The molecule has 0 N–H and O–H groups in total. The lowest BCUT2D eigenvalue weighted by Crippen LogP contribution is -2.20. The second-order valence-corrected chi connectivity index (χ2v) is 9.02. The largest absolute Gasteiger partial charge is 0.313 e. The van der Waals surface area contributed by atoms with Gasteiger partial charge in [-0.3, -0.25) is 0 Å². The number of halogens is 1. The Morgan fingerprint density at radius 1 is 1.23 bits per heavy atom. The van der Waals surface area contributed by atoms with E-state index in [0.717, 1.165) is 43.2 Å². The van der Waals surface area contributed by atoms with Crippen LogP contribution in [0.15, 0.2) is 18.3 Å². The monoisotopic (exact) mass is 334 g/mol. The first-order chi connectivity index (χ1) is 10.5. The molecule has 0 saturated heterocycles. The van der Waals surface area contributed by atoms with Crippen molar-refractivity contribution in [2.24, 2.45) is 0 Å². The van der Waals surface area contributed by atoms with Crippen LogP contribution in [0.1, 0.15) is 43.9 Å². The van der Waals surface area contributed by atoms with Crippen molar-refractivity contribution in [3.05, 3.63) is 40.7 Å². The minimum Gasteiger partial charge on any atom is -0.313 e. The Labute approximate surface area is 139 Å². The molecule has 1 aliphatic carbocycles. The summed E-state index contributed by atoms with van der Waals surface area (Å²) in [7, 11) is 0. The predicted molar refractivity (Wildman–Crippen MR) is 89.5 cm³/mol. The molecule has 2 aromatic heterocycles. The van der Waals surface area contributed by atoms with Gasteiger partial charge in [-0.25, -0.2) is 4.98 Å². The molecule has 0 radical (unpaired) electrons. The minimum absolute atomic E-state index is 0.00197. The molecule has 0 bridgehead atoms. The third-order valence-corrected chi connectivity index (χ3v) is 6.21. The van der Waals surface area contributed by atoms with Gasteiger partial charge in [-0.2, -0.15) is 11.8 Å². The van der Waals surface area contributed by atoms with Crippen molar-refractivity contribution in [3.8, 4) is 0 Å². The highest BCUT2D eigenvalue weighted by Gasteiger charge is 2.50. The molecule has 0 unspecified atom stereocenters. The highest BCUT2D eigenvalue weighted by atomic mass is 35.5. The smallest absolute Gasteiger partial charge is 0.143 e. The number of hydrogen-bond donors (Lipinski definition) is 0. The number of pyridine rings is 1. The van der Waals surface area contributed by atoms with Crippen LogP contribution in [0.3, 0.4) is 0 Å². The first-order valence-electron chi connectivity index (χ1n) is 7.69. The fourth-order valence-corrected chi connectivity index (χ4v) is 4.49. The molecule has 4 rings (SSSR count). The summed E-state index contributed by atoms with van der Waals surface area (Å²) in [6, 6.07) is 3.95. The van der Waals surface area contributed by atoms with Crippen molar-refractivity contribution in [2.75, 3.05) is 5.75 Å². The van der Waals surface area contributed by atoms with Crippen molar-refractivity contribution in [1.29, 1.82) is 0 Å². The normalized spacial score (nSPS) is 22.0. The van der Waals surface area contributed by atoms with E-state index in [9.17, 15) is 0 Å². The lowest BCUT2D eigenvalue weighted by Gasteiger charge is -2.19. The van der Waals surface area contributed by atoms with Crippen LogP contribution in [0.4, 0.5) is 0 Å². The quantitative estimate of drug-likeness (QED) is 0.789. The van der Waals surface area contributed by atoms with E-state index in [0.29, 0.717) is 5.15 Å². The van der Waals surface area contributed by atoms with Crippen LogP contribution >= 0.6 is 23.4 Å². The maximum Gasteiger partial charge on any atom is 0.143 e. The number of nitrogens with zero attached hydrogens (tertiary/aromatic N) is 4. The van der Waals surface area contributed by atoms with E-state index < -0.39 is 0 Å². The highest BCUT2D eigenvalue weighted by molar-refractivity contribution is 8.00. The minimum atomic E-state index is 0.00197. The number of rotatable bonds is 2. The van der Waals surface area contributed by atoms with Gasteiger partial charge in [-0.1, -0.05) is 31.5 Å². The zero-order valence-corrected chi connectivity index (χ0v) is 14.4. The van der Waals surface area contributed by atoms with E-state index in [1.165, 1.54) is 5.56 Å². The summed E-state index contributed by atoms with van der Waals surface area (Å²) in [6.07, 6.45) is 5.10. The highest BCUT2D eigenvalue weighted by Crippen LogP contribution is 2.53. The topological polar surface area (TPSA) is 43.6 Å². The Morgan fingerprint density at radius 3 is 2.73 bits per heavy atom. The first kappa shape index (κ1) is 14.5. The molecule has 1 saturated carbocycles. The summed E-state index contributed by atoms with van der Waals surface area (Å²) in [6.45, 7) is 5.57. The van der Waals surface area contributed by atoms with Crippen molar-refractivity contribution < 1.29 is 0 Å². The van der Waals surface area contributed by atoms with E-state index in [-0.39, 0.29) is 10.2 Å². The van der Waals surface area contributed by atoms with Gasteiger partial charge in [0.05, 0.1) is 5.41 Å². The Morgan fingerprint density at radius 2 is 2.05 bits per heavy atom. The predicted octanol–water partition coefficient (Wildman–Crippen LogP) is 3.47. The van der Waals surface area contributed by atoms with E-state index >= 15 is 0 Å². The zero-order chi connectivity index (χ0) is 15.4. The van der Waals surface area contributed by atoms with Crippen LogP contribution in [0.25, 0.3) is 0 Å². The fourth-order valence-electron chi connectivity index (χ4n) is 3.33. The van der Waals surface area contributed by atoms with Crippen LogP contribution in [-0.2, 0) is 18.4 Å². The second kappa shape index (κ2) is 4.96. The van der Waals surface area contributed by atoms with Crippen LogP contribution < -0.4 is 0 Å². The maximum absolute atomic E-state index is 5.93.